The number of amides is 1. The first-order chi connectivity index (χ1) is 11.4. The van der Waals surface area contributed by atoms with Gasteiger partial charge in [-0.2, -0.15) is 13.2 Å². The zero-order valence-electron chi connectivity index (χ0n) is 12.5. The molecule has 2 heterocycles. The number of fused-ring (bicyclic) bond motifs is 1. The van der Waals surface area contributed by atoms with Gasteiger partial charge in [-0.15, -0.1) is 0 Å². The molecule has 2 aromatic heterocycles. The molecular formula is C17H14F3N3O. The van der Waals surface area contributed by atoms with Crippen molar-refractivity contribution in [1.82, 2.24) is 15.3 Å². The number of carbonyl (C=O) groups excluding carboxylic acids is 1. The highest BCUT2D eigenvalue weighted by molar-refractivity contribution is 5.98. The Balaban J connectivity index is 1.82. The average molecular weight is 333 g/mol. The molecule has 3 aromatic rings. The Morgan fingerprint density at radius 1 is 1.21 bits per heavy atom. The maximum Gasteiger partial charge on any atom is 0.390 e. The second-order valence-electron chi connectivity index (χ2n) is 5.30. The van der Waals surface area contributed by atoms with Gasteiger partial charge in [-0.05, 0) is 35.4 Å². The van der Waals surface area contributed by atoms with E-state index in [0.717, 1.165) is 22.2 Å². The van der Waals surface area contributed by atoms with E-state index in [1.807, 2.05) is 18.2 Å². The number of hydrogen-bond acceptors (Lipinski definition) is 2. The van der Waals surface area contributed by atoms with Crippen molar-refractivity contribution in [3.05, 3.63) is 54.4 Å². The molecule has 1 amide bonds. The maximum absolute atomic E-state index is 12.2. The van der Waals surface area contributed by atoms with Crippen LogP contribution in [0.1, 0.15) is 16.8 Å². The fraction of sp³-hybridized carbons (Fsp3) is 0.176. The summed E-state index contributed by atoms with van der Waals surface area (Å²) in [4.78, 5) is 19.2. The van der Waals surface area contributed by atoms with Crippen LogP contribution in [-0.2, 0) is 0 Å². The summed E-state index contributed by atoms with van der Waals surface area (Å²) in [5, 5.41) is 3.20. The van der Waals surface area contributed by atoms with E-state index < -0.39 is 25.0 Å². The van der Waals surface area contributed by atoms with Crippen LogP contribution < -0.4 is 5.32 Å². The lowest BCUT2D eigenvalue weighted by Crippen LogP contribution is -2.27. The lowest BCUT2D eigenvalue weighted by Gasteiger charge is -2.09. The zero-order chi connectivity index (χ0) is 17.2. The number of rotatable bonds is 4. The first kappa shape index (κ1) is 16.0. The van der Waals surface area contributed by atoms with Crippen molar-refractivity contribution in [1.29, 1.82) is 0 Å². The lowest BCUT2D eigenvalue weighted by atomic mass is 10.0. The third kappa shape index (κ3) is 3.56. The standard InChI is InChI=1S/C17H14F3N3O/c18-17(19,20)6-9-23-16(24)12-3-1-2-11(10-12)13-4-7-21-15-14(13)5-8-22-15/h1-5,7-8,10H,6,9H2,(H,21,22)(H,23,24). The molecule has 7 heteroatoms. The minimum absolute atomic E-state index is 0.315. The van der Waals surface area contributed by atoms with E-state index in [1.54, 1.807) is 30.6 Å². The quantitative estimate of drug-likeness (QED) is 0.760. The van der Waals surface area contributed by atoms with Crippen molar-refractivity contribution in [3.8, 4) is 11.1 Å². The highest BCUT2D eigenvalue weighted by Gasteiger charge is 2.26. The van der Waals surface area contributed by atoms with E-state index in [4.69, 9.17) is 0 Å². The van der Waals surface area contributed by atoms with Crippen LogP contribution in [0.25, 0.3) is 22.2 Å². The predicted molar refractivity (Wildman–Crippen MR) is 84.5 cm³/mol. The SMILES string of the molecule is O=C(NCCC(F)(F)F)c1cccc(-c2ccnc3[nH]ccc23)c1. The summed E-state index contributed by atoms with van der Waals surface area (Å²) < 4.78 is 36.5. The van der Waals surface area contributed by atoms with Gasteiger partial charge < -0.3 is 10.3 Å². The average Bonchev–Trinajstić information content (AvgIpc) is 3.02. The Morgan fingerprint density at radius 3 is 2.83 bits per heavy atom. The van der Waals surface area contributed by atoms with E-state index in [1.165, 1.54) is 0 Å². The van der Waals surface area contributed by atoms with Crippen molar-refractivity contribution in [2.24, 2.45) is 0 Å². The molecule has 0 atom stereocenters. The molecule has 0 aliphatic rings. The number of aromatic amines is 1. The summed E-state index contributed by atoms with van der Waals surface area (Å²) in [7, 11) is 0. The number of hydrogen-bond donors (Lipinski definition) is 2. The molecule has 1 aromatic carbocycles. The fourth-order valence-corrected chi connectivity index (χ4v) is 2.46. The number of alkyl halides is 3. The van der Waals surface area contributed by atoms with Crippen molar-refractivity contribution in [2.75, 3.05) is 6.54 Å². The summed E-state index contributed by atoms with van der Waals surface area (Å²) in [6.07, 6.45) is -1.90. The van der Waals surface area contributed by atoms with Crippen LogP contribution in [0.15, 0.2) is 48.8 Å². The summed E-state index contributed by atoms with van der Waals surface area (Å²) in [6, 6.07) is 10.5. The van der Waals surface area contributed by atoms with Gasteiger partial charge in [-0.1, -0.05) is 12.1 Å². The van der Waals surface area contributed by atoms with E-state index >= 15 is 0 Å². The van der Waals surface area contributed by atoms with Gasteiger partial charge >= 0.3 is 6.18 Å². The van der Waals surface area contributed by atoms with Crippen LogP contribution in [0.2, 0.25) is 0 Å². The van der Waals surface area contributed by atoms with Gasteiger partial charge in [0.2, 0.25) is 0 Å². The van der Waals surface area contributed by atoms with Gasteiger partial charge in [-0.25, -0.2) is 4.98 Å². The van der Waals surface area contributed by atoms with E-state index in [9.17, 15) is 18.0 Å². The Bertz CT molecular complexity index is 871. The number of H-pyrrole nitrogens is 1. The minimum Gasteiger partial charge on any atom is -0.352 e. The minimum atomic E-state index is -4.29. The number of benzene rings is 1. The first-order valence-corrected chi connectivity index (χ1v) is 7.31. The molecule has 24 heavy (non-hydrogen) atoms. The number of nitrogens with zero attached hydrogens (tertiary/aromatic N) is 1. The molecular weight excluding hydrogens is 319 g/mol. The molecule has 0 aliphatic heterocycles. The van der Waals surface area contributed by atoms with Gasteiger partial charge in [0, 0.05) is 29.9 Å². The van der Waals surface area contributed by atoms with Crippen molar-refractivity contribution >= 4 is 16.9 Å². The van der Waals surface area contributed by atoms with Gasteiger partial charge in [-0.3, -0.25) is 4.79 Å². The van der Waals surface area contributed by atoms with Crippen LogP contribution >= 0.6 is 0 Å². The second kappa shape index (κ2) is 6.35. The van der Waals surface area contributed by atoms with Gasteiger partial charge in [0.25, 0.3) is 5.91 Å². The van der Waals surface area contributed by atoms with Gasteiger partial charge in [0.05, 0.1) is 6.42 Å². The topological polar surface area (TPSA) is 57.8 Å². The number of halogens is 3. The number of nitrogens with one attached hydrogen (secondary N) is 2. The molecule has 2 N–H and O–H groups in total. The monoisotopic (exact) mass is 333 g/mol. The Hall–Kier alpha value is -2.83. The summed E-state index contributed by atoms with van der Waals surface area (Å²) in [6.45, 7) is -0.441. The molecule has 0 aliphatic carbocycles. The Morgan fingerprint density at radius 2 is 2.04 bits per heavy atom. The Labute approximate surface area is 135 Å². The van der Waals surface area contributed by atoms with Crippen LogP contribution in [-0.4, -0.2) is 28.6 Å². The molecule has 0 unspecified atom stereocenters. The Kier molecular flexibility index (Phi) is 4.24. The highest BCUT2D eigenvalue weighted by atomic mass is 19.4. The van der Waals surface area contributed by atoms with Crippen molar-refractivity contribution in [3.63, 3.8) is 0 Å². The highest BCUT2D eigenvalue weighted by Crippen LogP contribution is 2.27. The van der Waals surface area contributed by atoms with Gasteiger partial charge in [0.15, 0.2) is 0 Å². The largest absolute Gasteiger partial charge is 0.390 e. The lowest BCUT2D eigenvalue weighted by molar-refractivity contribution is -0.132. The molecule has 3 rings (SSSR count). The van der Waals surface area contributed by atoms with Crippen LogP contribution in [0.4, 0.5) is 13.2 Å². The van der Waals surface area contributed by atoms with Crippen LogP contribution in [0.5, 0.6) is 0 Å². The molecule has 0 spiro atoms. The molecule has 4 nitrogen and oxygen atoms in total. The van der Waals surface area contributed by atoms with Crippen molar-refractivity contribution < 1.29 is 18.0 Å². The zero-order valence-corrected chi connectivity index (χ0v) is 12.5. The molecule has 0 radical (unpaired) electrons. The van der Waals surface area contributed by atoms with E-state index in [-0.39, 0.29) is 0 Å². The van der Waals surface area contributed by atoms with E-state index in [0.29, 0.717) is 5.56 Å². The third-order valence-electron chi connectivity index (χ3n) is 3.59. The number of pyridine rings is 1. The second-order valence-corrected chi connectivity index (χ2v) is 5.30. The van der Waals surface area contributed by atoms with Crippen LogP contribution in [0, 0.1) is 0 Å². The molecule has 0 fully saturated rings. The molecule has 124 valence electrons. The summed E-state index contributed by atoms with van der Waals surface area (Å²) >= 11 is 0. The van der Waals surface area contributed by atoms with Crippen LogP contribution in [0.3, 0.4) is 0 Å². The smallest absolute Gasteiger partial charge is 0.352 e. The maximum atomic E-state index is 12.2. The van der Waals surface area contributed by atoms with Gasteiger partial charge in [0.1, 0.15) is 5.65 Å². The molecule has 0 saturated carbocycles. The normalized spacial score (nSPS) is 11.6. The fourth-order valence-electron chi connectivity index (χ4n) is 2.46. The number of carbonyl (C=O) groups is 1. The summed E-state index contributed by atoms with van der Waals surface area (Å²) in [5.41, 5.74) is 2.74. The first-order valence-electron chi connectivity index (χ1n) is 7.31. The van der Waals surface area contributed by atoms with Crippen molar-refractivity contribution in [2.45, 2.75) is 12.6 Å². The molecule has 0 bridgehead atoms. The number of aromatic nitrogens is 2. The predicted octanol–water partition coefficient (Wildman–Crippen LogP) is 3.91. The molecule has 0 saturated heterocycles. The third-order valence-corrected chi connectivity index (χ3v) is 3.59. The van der Waals surface area contributed by atoms with E-state index in [2.05, 4.69) is 15.3 Å². The summed E-state index contributed by atoms with van der Waals surface area (Å²) in [5.74, 6) is -0.527.